The standard InChI is InChI=1S/C13H23N5O2/c1-4-10(3)20-13-16-11(14-5-2)15-12(17-13)18-6-8-19-9-7-18/h10H,4-9H2,1-3H3,(H,14,15,16,17). The van der Waals surface area contributed by atoms with E-state index in [9.17, 15) is 0 Å². The number of nitrogens with zero attached hydrogens (tertiary/aromatic N) is 4. The first-order valence-corrected chi connectivity index (χ1v) is 7.22. The molecule has 7 nitrogen and oxygen atoms in total. The number of hydrogen-bond acceptors (Lipinski definition) is 7. The Bertz CT molecular complexity index is 423. The minimum atomic E-state index is 0.0874. The van der Waals surface area contributed by atoms with Gasteiger partial charge in [0.1, 0.15) is 0 Å². The summed E-state index contributed by atoms with van der Waals surface area (Å²) in [5.41, 5.74) is 0. The van der Waals surface area contributed by atoms with Crippen LogP contribution < -0.4 is 15.0 Å². The summed E-state index contributed by atoms with van der Waals surface area (Å²) in [6.07, 6.45) is 0.999. The maximum atomic E-state index is 5.72. The van der Waals surface area contributed by atoms with Gasteiger partial charge in [0.2, 0.25) is 11.9 Å². The maximum Gasteiger partial charge on any atom is 0.323 e. The molecule has 0 aliphatic carbocycles. The van der Waals surface area contributed by atoms with Crippen LogP contribution in [0.15, 0.2) is 0 Å². The minimum Gasteiger partial charge on any atom is -0.460 e. The van der Waals surface area contributed by atoms with Gasteiger partial charge in [-0.2, -0.15) is 15.0 Å². The van der Waals surface area contributed by atoms with E-state index in [1.165, 1.54) is 0 Å². The van der Waals surface area contributed by atoms with E-state index in [4.69, 9.17) is 9.47 Å². The fourth-order valence-corrected chi connectivity index (χ4v) is 1.80. The van der Waals surface area contributed by atoms with Gasteiger partial charge < -0.3 is 19.7 Å². The van der Waals surface area contributed by atoms with Crippen LogP contribution >= 0.6 is 0 Å². The quantitative estimate of drug-likeness (QED) is 0.843. The second kappa shape index (κ2) is 7.23. The van der Waals surface area contributed by atoms with E-state index in [1.807, 2.05) is 13.8 Å². The van der Waals surface area contributed by atoms with Crippen molar-refractivity contribution in [3.63, 3.8) is 0 Å². The number of hydrogen-bond donors (Lipinski definition) is 1. The second-order valence-electron chi connectivity index (χ2n) is 4.71. The molecule has 20 heavy (non-hydrogen) atoms. The average Bonchev–Trinajstić information content (AvgIpc) is 2.48. The summed E-state index contributed by atoms with van der Waals surface area (Å²) in [5, 5.41) is 3.12. The van der Waals surface area contributed by atoms with Crippen molar-refractivity contribution in [1.82, 2.24) is 15.0 Å². The van der Waals surface area contributed by atoms with Gasteiger partial charge in [-0.1, -0.05) is 6.92 Å². The monoisotopic (exact) mass is 281 g/mol. The normalized spacial score (nSPS) is 16.9. The van der Waals surface area contributed by atoms with Gasteiger partial charge in [0.15, 0.2) is 0 Å². The fourth-order valence-electron chi connectivity index (χ4n) is 1.80. The molecule has 1 N–H and O–H groups in total. The summed E-state index contributed by atoms with van der Waals surface area (Å²) in [4.78, 5) is 15.2. The van der Waals surface area contributed by atoms with Crippen LogP contribution in [0.1, 0.15) is 27.2 Å². The van der Waals surface area contributed by atoms with Crippen LogP contribution in [0.25, 0.3) is 0 Å². The van der Waals surface area contributed by atoms with E-state index >= 15 is 0 Å². The Kier molecular flexibility index (Phi) is 5.34. The average molecular weight is 281 g/mol. The highest BCUT2D eigenvalue weighted by molar-refractivity contribution is 5.38. The molecule has 0 saturated carbocycles. The lowest BCUT2D eigenvalue weighted by molar-refractivity contribution is 0.121. The first-order chi connectivity index (χ1) is 9.72. The molecular formula is C13H23N5O2. The molecule has 1 fully saturated rings. The van der Waals surface area contributed by atoms with Crippen LogP contribution in [0.5, 0.6) is 6.01 Å². The minimum absolute atomic E-state index is 0.0874. The predicted octanol–water partition coefficient (Wildman–Crippen LogP) is 1.32. The second-order valence-corrected chi connectivity index (χ2v) is 4.71. The van der Waals surface area contributed by atoms with Crippen molar-refractivity contribution in [3.05, 3.63) is 0 Å². The summed E-state index contributed by atoms with van der Waals surface area (Å²) in [7, 11) is 0. The van der Waals surface area contributed by atoms with Gasteiger partial charge in [0, 0.05) is 19.6 Å². The lowest BCUT2D eigenvalue weighted by atomic mass is 10.3. The third kappa shape index (κ3) is 3.93. The third-order valence-electron chi connectivity index (χ3n) is 3.11. The number of aromatic nitrogens is 3. The molecule has 1 aliphatic rings. The molecule has 1 saturated heterocycles. The molecule has 0 spiro atoms. The van der Waals surface area contributed by atoms with Gasteiger partial charge in [-0.05, 0) is 20.3 Å². The summed E-state index contributed by atoms with van der Waals surface area (Å²) >= 11 is 0. The molecule has 0 radical (unpaired) electrons. The Morgan fingerprint density at radius 3 is 2.65 bits per heavy atom. The molecule has 7 heteroatoms. The van der Waals surface area contributed by atoms with Crippen LogP contribution in [0.4, 0.5) is 11.9 Å². The van der Waals surface area contributed by atoms with E-state index < -0.39 is 0 Å². The van der Waals surface area contributed by atoms with E-state index in [0.29, 0.717) is 31.1 Å². The molecule has 1 atom stereocenters. The molecule has 0 aromatic carbocycles. The summed E-state index contributed by atoms with van der Waals surface area (Å²) < 4.78 is 11.1. The first kappa shape index (κ1) is 14.8. The summed E-state index contributed by atoms with van der Waals surface area (Å²) in [6.45, 7) is 9.82. The van der Waals surface area contributed by atoms with Gasteiger partial charge in [0.05, 0.1) is 19.3 Å². The molecule has 1 aliphatic heterocycles. The fraction of sp³-hybridized carbons (Fsp3) is 0.769. The Labute approximate surface area is 119 Å². The highest BCUT2D eigenvalue weighted by Crippen LogP contribution is 2.17. The van der Waals surface area contributed by atoms with Gasteiger partial charge in [0.25, 0.3) is 0 Å². The zero-order valence-corrected chi connectivity index (χ0v) is 12.4. The van der Waals surface area contributed by atoms with Crippen molar-refractivity contribution >= 4 is 11.9 Å². The predicted molar refractivity (Wildman–Crippen MR) is 77.4 cm³/mol. The Morgan fingerprint density at radius 2 is 2.00 bits per heavy atom. The van der Waals surface area contributed by atoms with Gasteiger partial charge >= 0.3 is 6.01 Å². The van der Waals surface area contributed by atoms with Crippen LogP contribution in [0.3, 0.4) is 0 Å². The zero-order valence-electron chi connectivity index (χ0n) is 12.4. The molecule has 1 aromatic heterocycles. The van der Waals surface area contributed by atoms with Crippen molar-refractivity contribution in [2.24, 2.45) is 0 Å². The Morgan fingerprint density at radius 1 is 1.25 bits per heavy atom. The topological polar surface area (TPSA) is 72.4 Å². The summed E-state index contributed by atoms with van der Waals surface area (Å²) in [6, 6.07) is 0.381. The maximum absolute atomic E-state index is 5.72. The van der Waals surface area contributed by atoms with Crippen molar-refractivity contribution in [2.75, 3.05) is 43.1 Å². The molecule has 1 unspecified atom stereocenters. The van der Waals surface area contributed by atoms with Gasteiger partial charge in [-0.3, -0.25) is 0 Å². The smallest absolute Gasteiger partial charge is 0.323 e. The first-order valence-electron chi connectivity index (χ1n) is 7.22. The van der Waals surface area contributed by atoms with Crippen molar-refractivity contribution in [2.45, 2.75) is 33.3 Å². The number of ether oxygens (including phenoxy) is 2. The van der Waals surface area contributed by atoms with Crippen LogP contribution in [0, 0.1) is 0 Å². The van der Waals surface area contributed by atoms with Crippen molar-refractivity contribution in [1.29, 1.82) is 0 Å². The lowest BCUT2D eigenvalue weighted by Gasteiger charge is -2.27. The van der Waals surface area contributed by atoms with Crippen LogP contribution in [-0.4, -0.2) is 53.9 Å². The van der Waals surface area contributed by atoms with Crippen LogP contribution in [-0.2, 0) is 4.74 Å². The molecular weight excluding hydrogens is 258 g/mol. The summed E-state index contributed by atoms with van der Waals surface area (Å²) in [5.74, 6) is 1.21. The van der Waals surface area contributed by atoms with E-state index in [1.54, 1.807) is 0 Å². The molecule has 0 amide bonds. The molecule has 0 bridgehead atoms. The lowest BCUT2D eigenvalue weighted by Crippen LogP contribution is -2.37. The van der Waals surface area contributed by atoms with Crippen molar-refractivity contribution in [3.8, 4) is 6.01 Å². The number of morpholine rings is 1. The zero-order chi connectivity index (χ0) is 14.4. The van der Waals surface area contributed by atoms with E-state index in [0.717, 1.165) is 26.1 Å². The molecule has 2 rings (SSSR count). The number of nitrogens with one attached hydrogen (secondary N) is 1. The number of anilines is 2. The molecule has 112 valence electrons. The van der Waals surface area contributed by atoms with Crippen LogP contribution in [0.2, 0.25) is 0 Å². The number of rotatable bonds is 6. The Balaban J connectivity index is 2.20. The van der Waals surface area contributed by atoms with Crippen molar-refractivity contribution < 1.29 is 9.47 Å². The van der Waals surface area contributed by atoms with E-state index in [2.05, 4.69) is 32.1 Å². The highest BCUT2D eigenvalue weighted by Gasteiger charge is 2.17. The van der Waals surface area contributed by atoms with Gasteiger partial charge in [-0.25, -0.2) is 0 Å². The molecule has 1 aromatic rings. The SMILES string of the molecule is CCNc1nc(OC(C)CC)nc(N2CCOCC2)n1. The largest absolute Gasteiger partial charge is 0.460 e. The third-order valence-corrected chi connectivity index (χ3v) is 3.11. The molecule has 2 heterocycles. The Hall–Kier alpha value is -1.63. The van der Waals surface area contributed by atoms with Gasteiger partial charge in [-0.15, -0.1) is 0 Å². The van der Waals surface area contributed by atoms with E-state index in [-0.39, 0.29) is 6.10 Å². The highest BCUT2D eigenvalue weighted by atomic mass is 16.5.